The highest BCUT2D eigenvalue weighted by Gasteiger charge is 2.23. The fourth-order valence-electron chi connectivity index (χ4n) is 3.94. The Hall–Kier alpha value is -3.25. The van der Waals surface area contributed by atoms with E-state index < -0.39 is 17.6 Å². The topological polar surface area (TPSA) is 44.8 Å². The molecule has 36 heavy (non-hydrogen) atoms. The summed E-state index contributed by atoms with van der Waals surface area (Å²) >= 11 is 0. The fourth-order valence-corrected chi connectivity index (χ4v) is 3.94. The van der Waals surface area contributed by atoms with E-state index in [0.717, 1.165) is 31.2 Å². The molecule has 0 amide bonds. The molecule has 0 heterocycles. The van der Waals surface area contributed by atoms with E-state index in [2.05, 4.69) is 6.92 Å². The highest BCUT2D eigenvalue weighted by Crippen LogP contribution is 2.37. The van der Waals surface area contributed by atoms with Gasteiger partial charge in [0.2, 0.25) is 0 Å². The zero-order valence-electron chi connectivity index (χ0n) is 21.0. The first-order chi connectivity index (χ1) is 17.6. The molecule has 0 N–H and O–H groups in total. The lowest BCUT2D eigenvalue weighted by Crippen LogP contribution is -2.10. The quantitative estimate of drug-likeness (QED) is 0.127. The van der Waals surface area contributed by atoms with Gasteiger partial charge in [-0.05, 0) is 47.7 Å². The van der Waals surface area contributed by atoms with Gasteiger partial charge in [0, 0.05) is 5.56 Å². The summed E-state index contributed by atoms with van der Waals surface area (Å²) in [6, 6.07) is 16.5. The predicted molar refractivity (Wildman–Crippen MR) is 138 cm³/mol. The Bertz CT molecular complexity index is 1120. The molecule has 0 aromatic heterocycles. The molecule has 6 heteroatoms. The van der Waals surface area contributed by atoms with Crippen molar-refractivity contribution in [1.29, 1.82) is 0 Å². The Kier molecular flexibility index (Phi) is 10.9. The van der Waals surface area contributed by atoms with Gasteiger partial charge in [-0.2, -0.15) is 4.89 Å². The number of carbonyl (C=O) groups is 1. The average Bonchev–Trinajstić information content (AvgIpc) is 2.89. The summed E-state index contributed by atoms with van der Waals surface area (Å²) in [6.07, 6.45) is 7.12. The third-order valence-corrected chi connectivity index (χ3v) is 5.84. The molecule has 0 saturated carbocycles. The van der Waals surface area contributed by atoms with Crippen molar-refractivity contribution in [1.82, 2.24) is 0 Å². The van der Waals surface area contributed by atoms with Crippen molar-refractivity contribution in [3.63, 3.8) is 0 Å². The molecule has 3 rings (SSSR count). The lowest BCUT2D eigenvalue weighted by atomic mass is 9.92. The van der Waals surface area contributed by atoms with Gasteiger partial charge >= 0.3 is 5.97 Å². The van der Waals surface area contributed by atoms with Crippen molar-refractivity contribution in [2.75, 3.05) is 13.2 Å². The van der Waals surface area contributed by atoms with Crippen molar-refractivity contribution in [3.8, 4) is 28.0 Å². The Labute approximate surface area is 212 Å². The van der Waals surface area contributed by atoms with Crippen molar-refractivity contribution in [2.45, 2.75) is 58.8 Å². The Morgan fingerprint density at radius 1 is 0.778 bits per heavy atom. The average molecular weight is 497 g/mol. The van der Waals surface area contributed by atoms with Crippen molar-refractivity contribution >= 4 is 5.97 Å². The molecular weight excluding hydrogens is 462 g/mol. The van der Waals surface area contributed by atoms with Crippen LogP contribution in [0.5, 0.6) is 5.75 Å². The molecule has 0 atom stereocenters. The van der Waals surface area contributed by atoms with Crippen molar-refractivity contribution < 1.29 is 28.1 Å². The molecule has 0 radical (unpaired) electrons. The minimum absolute atomic E-state index is 0.0981. The molecule has 0 aliphatic rings. The number of carbonyl (C=O) groups excluding carboxylic acids is 1. The summed E-state index contributed by atoms with van der Waals surface area (Å²) in [5.41, 5.74) is 1.37. The van der Waals surface area contributed by atoms with Gasteiger partial charge in [0.1, 0.15) is 5.82 Å². The van der Waals surface area contributed by atoms with E-state index in [-0.39, 0.29) is 29.0 Å². The van der Waals surface area contributed by atoms with E-state index in [4.69, 9.17) is 14.5 Å². The molecule has 0 fully saturated rings. The maximum atomic E-state index is 15.8. The zero-order chi connectivity index (χ0) is 25.8. The summed E-state index contributed by atoms with van der Waals surface area (Å²) in [7, 11) is 0. The van der Waals surface area contributed by atoms with Gasteiger partial charge < -0.3 is 4.74 Å². The van der Waals surface area contributed by atoms with Crippen LogP contribution in [0.15, 0.2) is 60.7 Å². The number of ether oxygens (including phenoxy) is 1. The van der Waals surface area contributed by atoms with Crippen molar-refractivity contribution in [3.05, 3.63) is 77.9 Å². The molecular formula is C30H34F2O4. The molecule has 0 spiro atoms. The van der Waals surface area contributed by atoms with Crippen LogP contribution in [0.2, 0.25) is 0 Å². The first-order valence-corrected chi connectivity index (χ1v) is 12.7. The van der Waals surface area contributed by atoms with Gasteiger partial charge in [-0.15, -0.1) is 0 Å². The smallest absolute Gasteiger partial charge is 0.376 e. The first kappa shape index (κ1) is 27.3. The van der Waals surface area contributed by atoms with E-state index in [1.165, 1.54) is 37.5 Å². The molecule has 192 valence electrons. The lowest BCUT2D eigenvalue weighted by Gasteiger charge is -2.15. The monoisotopic (exact) mass is 496 g/mol. The van der Waals surface area contributed by atoms with Crippen LogP contribution in [0.1, 0.15) is 69.2 Å². The molecule has 0 aliphatic carbocycles. The number of rotatable bonds is 14. The second-order valence-electron chi connectivity index (χ2n) is 8.67. The SMILES string of the molecule is CCCCCCCCOOC(=O)c1ccc(-c2ccccc2)c(-c2ccc(OCCC)c(F)c2)c1F. The summed E-state index contributed by atoms with van der Waals surface area (Å²) in [6.45, 7) is 4.71. The molecule has 0 unspecified atom stereocenters. The number of halogens is 2. The van der Waals surface area contributed by atoms with Gasteiger partial charge in [-0.3, -0.25) is 4.89 Å². The maximum absolute atomic E-state index is 15.8. The van der Waals surface area contributed by atoms with Crippen LogP contribution in [0.4, 0.5) is 8.78 Å². The van der Waals surface area contributed by atoms with Gasteiger partial charge in [0.25, 0.3) is 0 Å². The van der Waals surface area contributed by atoms with Crippen LogP contribution >= 0.6 is 0 Å². The summed E-state index contributed by atoms with van der Waals surface area (Å²) < 4.78 is 36.0. The second kappa shape index (κ2) is 14.3. The number of benzene rings is 3. The van der Waals surface area contributed by atoms with E-state index in [9.17, 15) is 9.18 Å². The van der Waals surface area contributed by atoms with Gasteiger partial charge in [-0.1, -0.05) is 88.4 Å². The van der Waals surface area contributed by atoms with Crippen molar-refractivity contribution in [2.24, 2.45) is 0 Å². The van der Waals surface area contributed by atoms with Crippen LogP contribution in [-0.2, 0) is 9.78 Å². The molecule has 0 aliphatic heterocycles. The normalized spacial score (nSPS) is 10.9. The molecule has 0 saturated heterocycles. The summed E-state index contributed by atoms with van der Waals surface area (Å²) in [4.78, 5) is 22.6. The summed E-state index contributed by atoms with van der Waals surface area (Å²) in [5.74, 6) is -2.23. The van der Waals surface area contributed by atoms with Crippen LogP contribution in [0.3, 0.4) is 0 Å². The van der Waals surface area contributed by atoms with Gasteiger partial charge in [0.15, 0.2) is 11.6 Å². The number of hydrogen-bond acceptors (Lipinski definition) is 4. The van der Waals surface area contributed by atoms with Crippen LogP contribution in [-0.4, -0.2) is 19.2 Å². The van der Waals surface area contributed by atoms with Crippen LogP contribution < -0.4 is 4.74 Å². The Morgan fingerprint density at radius 2 is 1.53 bits per heavy atom. The second-order valence-corrected chi connectivity index (χ2v) is 8.67. The largest absolute Gasteiger partial charge is 0.491 e. The standard InChI is InChI=1S/C30H34F2O4/c1-3-5-6-7-8-12-20-35-36-30(33)25-17-16-24(22-13-10-9-11-14-22)28(29(25)32)23-15-18-27(26(31)21-23)34-19-4-2/h9-11,13-18,21H,3-8,12,19-20H2,1-2H3. The van der Waals surface area contributed by atoms with E-state index in [1.807, 2.05) is 37.3 Å². The third kappa shape index (κ3) is 7.37. The van der Waals surface area contributed by atoms with Gasteiger partial charge in [-0.25, -0.2) is 13.6 Å². The minimum Gasteiger partial charge on any atom is -0.491 e. The highest BCUT2D eigenvalue weighted by molar-refractivity contribution is 5.95. The highest BCUT2D eigenvalue weighted by atomic mass is 19.1. The van der Waals surface area contributed by atoms with Gasteiger partial charge in [0.05, 0.1) is 18.8 Å². The molecule has 3 aromatic carbocycles. The fraction of sp³-hybridized carbons (Fsp3) is 0.367. The predicted octanol–water partition coefficient (Wildman–Crippen LogP) is 8.54. The maximum Gasteiger partial charge on any atom is 0.376 e. The van der Waals surface area contributed by atoms with E-state index in [1.54, 1.807) is 12.1 Å². The molecule has 3 aromatic rings. The molecule has 4 nitrogen and oxygen atoms in total. The van der Waals surface area contributed by atoms with Crippen LogP contribution in [0.25, 0.3) is 22.3 Å². The number of hydrogen-bond donors (Lipinski definition) is 0. The Morgan fingerprint density at radius 3 is 2.25 bits per heavy atom. The van der Waals surface area contributed by atoms with E-state index >= 15 is 4.39 Å². The zero-order valence-corrected chi connectivity index (χ0v) is 21.0. The first-order valence-electron chi connectivity index (χ1n) is 12.7. The van der Waals surface area contributed by atoms with E-state index in [0.29, 0.717) is 12.2 Å². The van der Waals surface area contributed by atoms with Crippen LogP contribution in [0, 0.1) is 11.6 Å². The minimum atomic E-state index is -0.928. The molecule has 0 bridgehead atoms. The Balaban J connectivity index is 1.83. The number of unbranched alkanes of at least 4 members (excludes halogenated alkanes) is 5. The lowest BCUT2D eigenvalue weighted by molar-refractivity contribution is -0.241. The third-order valence-electron chi connectivity index (χ3n) is 5.84. The summed E-state index contributed by atoms with van der Waals surface area (Å²) in [5, 5.41) is 0.